The van der Waals surface area contributed by atoms with Gasteiger partial charge in [0.25, 0.3) is 0 Å². The maximum absolute atomic E-state index is 10.2. The van der Waals surface area contributed by atoms with Crippen molar-refractivity contribution in [3.8, 4) is 0 Å². The van der Waals surface area contributed by atoms with Crippen molar-refractivity contribution in [2.45, 2.75) is 25.2 Å². The van der Waals surface area contributed by atoms with Crippen LogP contribution in [0.2, 0.25) is 0 Å². The van der Waals surface area contributed by atoms with Crippen molar-refractivity contribution in [3.63, 3.8) is 0 Å². The van der Waals surface area contributed by atoms with Gasteiger partial charge in [-0.15, -0.1) is 0 Å². The zero-order chi connectivity index (χ0) is 8.39. The second-order valence-electron chi connectivity index (χ2n) is 3.12. The highest BCUT2D eigenvalue weighted by atomic mass is 16.1. The molecule has 0 unspecified atom stereocenters. The molecule has 0 aliphatic heterocycles. The predicted octanol–water partition coefficient (Wildman–Crippen LogP) is 1.56. The Kier molecular flexibility index (Phi) is 1.86. The van der Waals surface area contributed by atoms with Gasteiger partial charge < -0.3 is 0 Å². The number of hydrogen-bond acceptors (Lipinski definition) is 3. The van der Waals surface area contributed by atoms with E-state index in [2.05, 4.69) is 9.97 Å². The number of carbonyl (C=O) groups is 1. The van der Waals surface area contributed by atoms with Gasteiger partial charge in [-0.3, -0.25) is 4.79 Å². The average Bonchev–Trinajstić information content (AvgIpc) is 2.03. The van der Waals surface area contributed by atoms with Crippen LogP contribution < -0.4 is 0 Å². The van der Waals surface area contributed by atoms with Gasteiger partial charge in [0.15, 0.2) is 12.1 Å². The van der Waals surface area contributed by atoms with Crippen LogP contribution in [0.25, 0.3) is 0 Å². The van der Waals surface area contributed by atoms with E-state index in [1.165, 1.54) is 24.8 Å². The molecule has 0 N–H and O–H groups in total. The van der Waals surface area contributed by atoms with Gasteiger partial charge in [-0.2, -0.15) is 0 Å². The van der Waals surface area contributed by atoms with Crippen LogP contribution in [0, 0.1) is 0 Å². The van der Waals surface area contributed by atoms with Crippen LogP contribution in [0.15, 0.2) is 12.4 Å². The molecule has 3 heteroatoms. The summed E-state index contributed by atoms with van der Waals surface area (Å²) in [6.07, 6.45) is 7.99. The first-order chi connectivity index (χ1) is 5.90. The molecule has 1 saturated carbocycles. The Labute approximate surface area is 70.9 Å². The van der Waals surface area contributed by atoms with Crippen LogP contribution in [0.4, 0.5) is 0 Å². The number of rotatable bonds is 2. The standard InChI is InChI=1S/C9H10N2O/c12-6-9-10-4-8(5-11-9)7-2-1-3-7/h4-7H,1-3H2. The van der Waals surface area contributed by atoms with Gasteiger partial charge in [-0.1, -0.05) is 6.42 Å². The molecule has 0 bridgehead atoms. The Bertz CT molecular complexity index is 277. The summed E-state index contributed by atoms with van der Waals surface area (Å²) in [7, 11) is 0. The van der Waals surface area contributed by atoms with E-state index in [0.717, 1.165) is 0 Å². The molecule has 0 saturated heterocycles. The lowest BCUT2D eigenvalue weighted by Gasteiger charge is -2.24. The van der Waals surface area contributed by atoms with Crippen molar-refractivity contribution >= 4 is 6.29 Å². The van der Waals surface area contributed by atoms with Gasteiger partial charge >= 0.3 is 0 Å². The van der Waals surface area contributed by atoms with Crippen molar-refractivity contribution in [1.29, 1.82) is 0 Å². The molecule has 1 fully saturated rings. The van der Waals surface area contributed by atoms with Crippen LogP contribution in [0.1, 0.15) is 41.4 Å². The highest BCUT2D eigenvalue weighted by molar-refractivity contribution is 5.68. The van der Waals surface area contributed by atoms with Gasteiger partial charge in [-0.05, 0) is 24.3 Å². The van der Waals surface area contributed by atoms with Gasteiger partial charge in [-0.25, -0.2) is 9.97 Å². The summed E-state index contributed by atoms with van der Waals surface area (Å²) in [4.78, 5) is 18.1. The van der Waals surface area contributed by atoms with Gasteiger partial charge in [0.1, 0.15) is 0 Å². The van der Waals surface area contributed by atoms with Crippen molar-refractivity contribution in [3.05, 3.63) is 23.8 Å². The van der Waals surface area contributed by atoms with E-state index in [0.29, 0.717) is 12.2 Å². The van der Waals surface area contributed by atoms with Gasteiger partial charge in [0, 0.05) is 12.4 Å². The monoisotopic (exact) mass is 162 g/mol. The first-order valence-electron chi connectivity index (χ1n) is 4.17. The van der Waals surface area contributed by atoms with Crippen LogP contribution in [-0.2, 0) is 0 Å². The molecule has 0 radical (unpaired) electrons. The van der Waals surface area contributed by atoms with E-state index in [-0.39, 0.29) is 5.82 Å². The minimum Gasteiger partial charge on any atom is -0.294 e. The van der Waals surface area contributed by atoms with Crippen molar-refractivity contribution in [2.24, 2.45) is 0 Å². The van der Waals surface area contributed by atoms with Crippen molar-refractivity contribution in [2.75, 3.05) is 0 Å². The first-order valence-corrected chi connectivity index (χ1v) is 4.17. The lowest BCUT2D eigenvalue weighted by molar-refractivity contribution is 0.111. The quantitative estimate of drug-likeness (QED) is 0.620. The zero-order valence-electron chi connectivity index (χ0n) is 6.73. The Morgan fingerprint density at radius 2 is 2.00 bits per heavy atom. The molecule has 1 heterocycles. The summed E-state index contributed by atoms with van der Waals surface area (Å²) in [5.41, 5.74) is 1.17. The Morgan fingerprint density at radius 1 is 1.33 bits per heavy atom. The summed E-state index contributed by atoms with van der Waals surface area (Å²) >= 11 is 0. The third kappa shape index (κ3) is 1.22. The smallest absolute Gasteiger partial charge is 0.192 e. The Balaban J connectivity index is 2.18. The molecular weight excluding hydrogens is 152 g/mol. The van der Waals surface area contributed by atoms with Crippen molar-refractivity contribution < 1.29 is 4.79 Å². The fraction of sp³-hybridized carbons (Fsp3) is 0.444. The van der Waals surface area contributed by atoms with E-state index in [4.69, 9.17) is 0 Å². The fourth-order valence-electron chi connectivity index (χ4n) is 1.36. The summed E-state index contributed by atoms with van der Waals surface area (Å²) in [5.74, 6) is 0.920. The predicted molar refractivity (Wildman–Crippen MR) is 44.0 cm³/mol. The second-order valence-corrected chi connectivity index (χ2v) is 3.12. The Hall–Kier alpha value is -1.25. The van der Waals surface area contributed by atoms with E-state index in [1.807, 2.05) is 0 Å². The highest BCUT2D eigenvalue weighted by Gasteiger charge is 2.19. The fourth-order valence-corrected chi connectivity index (χ4v) is 1.36. The molecular formula is C9H10N2O. The maximum Gasteiger partial charge on any atom is 0.192 e. The third-order valence-corrected chi connectivity index (χ3v) is 2.37. The molecule has 3 nitrogen and oxygen atoms in total. The molecule has 0 spiro atoms. The number of nitrogens with zero attached hydrogens (tertiary/aromatic N) is 2. The second kappa shape index (κ2) is 3.01. The van der Waals surface area contributed by atoms with Crippen LogP contribution in [0.5, 0.6) is 0 Å². The number of carbonyl (C=O) groups excluding carboxylic acids is 1. The summed E-state index contributed by atoms with van der Waals surface area (Å²) in [5, 5.41) is 0. The van der Waals surface area contributed by atoms with Crippen LogP contribution in [0.3, 0.4) is 0 Å². The SMILES string of the molecule is O=Cc1ncc(C2CCC2)cn1. The van der Waals surface area contributed by atoms with Gasteiger partial charge in [0.2, 0.25) is 0 Å². The number of aromatic nitrogens is 2. The highest BCUT2D eigenvalue weighted by Crippen LogP contribution is 2.35. The zero-order valence-corrected chi connectivity index (χ0v) is 6.73. The molecule has 2 rings (SSSR count). The summed E-state index contributed by atoms with van der Waals surface area (Å²) < 4.78 is 0. The molecule has 1 aliphatic rings. The Morgan fingerprint density at radius 3 is 2.42 bits per heavy atom. The lowest BCUT2D eigenvalue weighted by atomic mass is 9.81. The van der Waals surface area contributed by atoms with Crippen LogP contribution in [-0.4, -0.2) is 16.3 Å². The van der Waals surface area contributed by atoms with Gasteiger partial charge in [0.05, 0.1) is 0 Å². The third-order valence-electron chi connectivity index (χ3n) is 2.37. The van der Waals surface area contributed by atoms with E-state index in [9.17, 15) is 4.79 Å². The molecule has 0 amide bonds. The first kappa shape index (κ1) is 7.40. The molecule has 1 aromatic rings. The number of aldehydes is 1. The maximum atomic E-state index is 10.2. The molecule has 1 aliphatic carbocycles. The average molecular weight is 162 g/mol. The van der Waals surface area contributed by atoms with E-state index < -0.39 is 0 Å². The molecule has 0 aromatic carbocycles. The molecule has 0 atom stereocenters. The van der Waals surface area contributed by atoms with Crippen molar-refractivity contribution in [1.82, 2.24) is 9.97 Å². The van der Waals surface area contributed by atoms with E-state index in [1.54, 1.807) is 12.4 Å². The largest absolute Gasteiger partial charge is 0.294 e. The summed E-state index contributed by atoms with van der Waals surface area (Å²) in [6.45, 7) is 0. The number of hydrogen-bond donors (Lipinski definition) is 0. The molecule has 1 aromatic heterocycles. The topological polar surface area (TPSA) is 42.9 Å². The molecule has 62 valence electrons. The van der Waals surface area contributed by atoms with Crippen LogP contribution >= 0.6 is 0 Å². The molecule has 12 heavy (non-hydrogen) atoms. The lowest BCUT2D eigenvalue weighted by Crippen LogP contribution is -2.09. The van der Waals surface area contributed by atoms with E-state index >= 15 is 0 Å². The minimum atomic E-state index is 0.276. The normalized spacial score (nSPS) is 17.0. The minimum absolute atomic E-state index is 0.276. The summed E-state index contributed by atoms with van der Waals surface area (Å²) in [6, 6.07) is 0.